The molecular weight excluding hydrogens is 410 g/mol. The molecule has 1 fully saturated rings. The first kappa shape index (κ1) is 21.6. The Morgan fingerprint density at radius 2 is 2.06 bits per heavy atom. The summed E-state index contributed by atoms with van der Waals surface area (Å²) >= 11 is 0. The van der Waals surface area contributed by atoms with Gasteiger partial charge in [-0.2, -0.15) is 0 Å². The molecule has 2 heterocycles. The van der Waals surface area contributed by atoms with Crippen LogP contribution in [0.4, 0.5) is 11.5 Å². The first-order valence-electron chi connectivity index (χ1n) is 11.0. The number of nitrogens with two attached hydrogens (primary N) is 1. The number of benzene rings is 1. The summed E-state index contributed by atoms with van der Waals surface area (Å²) in [5, 5.41) is 0. The SMILES string of the molecule is CCCCn1c(N)c(N(C(=O)/C=C/c2nc3ccccc3o2)C2CCCC2)c(=O)[nH]c1=O. The lowest BCUT2D eigenvalue weighted by Crippen LogP contribution is -2.45. The smallest absolute Gasteiger partial charge is 0.330 e. The fraction of sp³-hybridized carbons (Fsp3) is 0.391. The number of oxazole rings is 1. The normalized spacial score (nSPS) is 14.5. The zero-order valence-corrected chi connectivity index (χ0v) is 18.0. The van der Waals surface area contributed by atoms with Crippen LogP contribution < -0.4 is 21.9 Å². The van der Waals surface area contributed by atoms with Crippen LogP contribution in [0.2, 0.25) is 0 Å². The highest BCUT2D eigenvalue weighted by Crippen LogP contribution is 2.29. The third-order valence-corrected chi connectivity index (χ3v) is 5.80. The van der Waals surface area contributed by atoms with Gasteiger partial charge in [-0.1, -0.05) is 38.3 Å². The fourth-order valence-corrected chi connectivity index (χ4v) is 4.17. The number of aromatic nitrogens is 3. The molecule has 0 saturated heterocycles. The van der Waals surface area contributed by atoms with Gasteiger partial charge >= 0.3 is 5.69 Å². The van der Waals surface area contributed by atoms with Crippen LogP contribution >= 0.6 is 0 Å². The number of nitrogen functional groups attached to an aromatic ring is 1. The quantitative estimate of drug-likeness (QED) is 0.547. The number of nitrogens with one attached hydrogen (secondary N) is 1. The maximum Gasteiger partial charge on any atom is 0.330 e. The van der Waals surface area contributed by atoms with Gasteiger partial charge in [0.2, 0.25) is 5.89 Å². The van der Waals surface area contributed by atoms with E-state index in [-0.39, 0.29) is 17.5 Å². The number of carbonyl (C=O) groups excluding carboxylic acids is 1. The number of para-hydroxylation sites is 2. The predicted octanol–water partition coefficient (Wildman–Crippen LogP) is 3.05. The van der Waals surface area contributed by atoms with Gasteiger partial charge in [-0.3, -0.25) is 24.0 Å². The van der Waals surface area contributed by atoms with Crippen LogP contribution in [0.15, 0.2) is 44.3 Å². The van der Waals surface area contributed by atoms with E-state index >= 15 is 0 Å². The zero-order chi connectivity index (χ0) is 22.7. The number of hydrogen-bond acceptors (Lipinski definition) is 6. The molecule has 3 N–H and O–H groups in total. The van der Waals surface area contributed by atoms with E-state index in [4.69, 9.17) is 10.2 Å². The van der Waals surface area contributed by atoms with Crippen molar-refractivity contribution in [1.82, 2.24) is 14.5 Å². The second kappa shape index (κ2) is 9.25. The number of amides is 1. The molecule has 0 bridgehead atoms. The second-order valence-corrected chi connectivity index (χ2v) is 8.00. The van der Waals surface area contributed by atoms with Crippen molar-refractivity contribution in [2.75, 3.05) is 10.6 Å². The third-order valence-electron chi connectivity index (χ3n) is 5.80. The Balaban J connectivity index is 1.72. The van der Waals surface area contributed by atoms with Crippen molar-refractivity contribution in [3.05, 3.63) is 57.1 Å². The average Bonchev–Trinajstić information content (AvgIpc) is 3.44. The lowest BCUT2D eigenvalue weighted by molar-refractivity contribution is -0.114. The van der Waals surface area contributed by atoms with Gasteiger partial charge in [0.15, 0.2) is 11.3 Å². The van der Waals surface area contributed by atoms with Crippen molar-refractivity contribution < 1.29 is 9.21 Å². The Hall–Kier alpha value is -3.62. The van der Waals surface area contributed by atoms with Crippen molar-refractivity contribution in [3.8, 4) is 0 Å². The Morgan fingerprint density at radius 3 is 2.78 bits per heavy atom. The molecule has 1 aromatic carbocycles. The summed E-state index contributed by atoms with van der Waals surface area (Å²) in [6, 6.07) is 7.15. The van der Waals surface area contributed by atoms with Gasteiger partial charge in [-0.25, -0.2) is 9.78 Å². The van der Waals surface area contributed by atoms with Gasteiger partial charge in [-0.05, 0) is 31.4 Å². The lowest BCUT2D eigenvalue weighted by atomic mass is 10.1. The number of anilines is 2. The maximum absolute atomic E-state index is 13.3. The summed E-state index contributed by atoms with van der Waals surface area (Å²) in [6.07, 6.45) is 7.84. The van der Waals surface area contributed by atoms with Gasteiger partial charge in [0, 0.05) is 24.7 Å². The Bertz CT molecular complexity index is 1230. The molecule has 0 unspecified atom stereocenters. The summed E-state index contributed by atoms with van der Waals surface area (Å²) in [5.74, 6) is -0.0968. The van der Waals surface area contributed by atoms with Crippen molar-refractivity contribution in [2.45, 2.75) is 58.0 Å². The van der Waals surface area contributed by atoms with E-state index in [1.807, 2.05) is 25.1 Å². The molecule has 1 amide bonds. The molecule has 0 spiro atoms. The van der Waals surface area contributed by atoms with Crippen LogP contribution in [0.25, 0.3) is 17.2 Å². The highest BCUT2D eigenvalue weighted by molar-refractivity contribution is 6.05. The number of carbonyl (C=O) groups is 1. The minimum absolute atomic E-state index is 0.0164. The molecule has 0 atom stereocenters. The zero-order valence-electron chi connectivity index (χ0n) is 18.0. The Labute approximate surface area is 184 Å². The van der Waals surface area contributed by atoms with Gasteiger partial charge in [-0.15, -0.1) is 0 Å². The number of rotatable bonds is 7. The van der Waals surface area contributed by atoms with E-state index in [1.165, 1.54) is 21.6 Å². The number of nitrogens with zero attached hydrogens (tertiary/aromatic N) is 3. The Kier molecular flexibility index (Phi) is 6.25. The van der Waals surface area contributed by atoms with E-state index in [0.29, 0.717) is 23.5 Å². The molecule has 4 rings (SSSR count). The van der Waals surface area contributed by atoms with Crippen molar-refractivity contribution >= 4 is 34.6 Å². The topological polar surface area (TPSA) is 127 Å². The molecule has 1 aliphatic carbocycles. The van der Waals surface area contributed by atoms with E-state index in [2.05, 4.69) is 9.97 Å². The molecule has 1 saturated carbocycles. The summed E-state index contributed by atoms with van der Waals surface area (Å²) < 4.78 is 6.98. The third kappa shape index (κ3) is 4.23. The standard InChI is InChI=1S/C23H27N5O4/c1-2-3-14-27-21(24)20(22(30)26-23(27)31)28(15-8-4-5-9-15)19(29)13-12-18-25-16-10-6-7-11-17(16)32-18/h6-7,10-13,15H,2-5,8-9,14,24H2,1H3,(H,26,30,31)/b13-12+. The van der Waals surface area contributed by atoms with Crippen LogP contribution in [0, 0.1) is 0 Å². The minimum atomic E-state index is -0.657. The van der Waals surface area contributed by atoms with Gasteiger partial charge in [0.25, 0.3) is 11.5 Å². The molecule has 168 valence electrons. The highest BCUT2D eigenvalue weighted by atomic mass is 16.3. The first-order chi connectivity index (χ1) is 15.5. The molecular formula is C23H27N5O4. The molecule has 0 aliphatic heterocycles. The molecule has 3 aromatic rings. The molecule has 9 nitrogen and oxygen atoms in total. The molecule has 32 heavy (non-hydrogen) atoms. The maximum atomic E-state index is 13.3. The second-order valence-electron chi connectivity index (χ2n) is 8.00. The first-order valence-corrected chi connectivity index (χ1v) is 11.0. The van der Waals surface area contributed by atoms with E-state index in [0.717, 1.165) is 38.5 Å². The van der Waals surface area contributed by atoms with Crippen LogP contribution in [0.1, 0.15) is 51.3 Å². The van der Waals surface area contributed by atoms with Crippen molar-refractivity contribution in [1.29, 1.82) is 0 Å². The van der Waals surface area contributed by atoms with Gasteiger partial charge < -0.3 is 10.2 Å². The summed E-state index contributed by atoms with van der Waals surface area (Å²) in [6.45, 7) is 2.37. The largest absolute Gasteiger partial charge is 0.437 e. The number of hydrogen-bond donors (Lipinski definition) is 2. The summed E-state index contributed by atoms with van der Waals surface area (Å²) in [4.78, 5) is 46.5. The molecule has 1 aliphatic rings. The fourth-order valence-electron chi connectivity index (χ4n) is 4.17. The van der Waals surface area contributed by atoms with Crippen LogP contribution in [0.5, 0.6) is 0 Å². The monoisotopic (exact) mass is 437 g/mol. The highest BCUT2D eigenvalue weighted by Gasteiger charge is 2.31. The number of aromatic amines is 1. The van der Waals surface area contributed by atoms with E-state index in [1.54, 1.807) is 6.07 Å². The lowest BCUT2D eigenvalue weighted by Gasteiger charge is -2.29. The van der Waals surface area contributed by atoms with Crippen LogP contribution in [-0.4, -0.2) is 26.5 Å². The average molecular weight is 438 g/mol. The summed E-state index contributed by atoms with van der Waals surface area (Å²) in [7, 11) is 0. The minimum Gasteiger partial charge on any atom is -0.437 e. The van der Waals surface area contributed by atoms with Crippen LogP contribution in [-0.2, 0) is 11.3 Å². The number of unbranched alkanes of at least 4 members (excludes halogenated alkanes) is 1. The number of H-pyrrole nitrogens is 1. The number of fused-ring (bicyclic) bond motifs is 1. The van der Waals surface area contributed by atoms with Crippen molar-refractivity contribution in [3.63, 3.8) is 0 Å². The Morgan fingerprint density at radius 1 is 1.31 bits per heavy atom. The molecule has 0 radical (unpaired) electrons. The van der Waals surface area contributed by atoms with E-state index in [9.17, 15) is 14.4 Å². The predicted molar refractivity (Wildman–Crippen MR) is 123 cm³/mol. The summed E-state index contributed by atoms with van der Waals surface area (Å²) in [5.41, 5.74) is 6.40. The van der Waals surface area contributed by atoms with Gasteiger partial charge in [0.05, 0.1) is 0 Å². The van der Waals surface area contributed by atoms with E-state index < -0.39 is 17.2 Å². The van der Waals surface area contributed by atoms with Gasteiger partial charge in [0.1, 0.15) is 11.3 Å². The van der Waals surface area contributed by atoms with Crippen molar-refractivity contribution in [2.24, 2.45) is 0 Å². The van der Waals surface area contributed by atoms with Crippen LogP contribution in [0.3, 0.4) is 0 Å². The molecule has 9 heteroatoms. The molecule has 2 aromatic heterocycles.